The van der Waals surface area contributed by atoms with E-state index in [1.165, 1.54) is 0 Å². The van der Waals surface area contributed by atoms with Gasteiger partial charge in [0.05, 0.1) is 11.3 Å². The minimum absolute atomic E-state index is 0.690. The van der Waals surface area contributed by atoms with Crippen LogP contribution in [0.1, 0.15) is 5.69 Å². The summed E-state index contributed by atoms with van der Waals surface area (Å²) in [6, 6.07) is 5.57. The molecular weight excluding hydrogens is 242 g/mol. The summed E-state index contributed by atoms with van der Waals surface area (Å²) in [6.45, 7) is 0. The topological polar surface area (TPSA) is 43.8 Å². The number of nitrogens with zero attached hydrogens (tertiary/aromatic N) is 2. The molecule has 1 aromatic heterocycles. The molecule has 2 N–H and O–H groups in total. The van der Waals surface area contributed by atoms with Gasteiger partial charge in [0.1, 0.15) is 0 Å². The van der Waals surface area contributed by atoms with Crippen LogP contribution in [0.3, 0.4) is 0 Å². The zero-order valence-corrected chi connectivity index (χ0v) is 10.4. The zero-order chi connectivity index (χ0) is 11.5. The molecule has 0 spiro atoms. The van der Waals surface area contributed by atoms with E-state index in [1.54, 1.807) is 24.2 Å². The van der Waals surface area contributed by atoms with Crippen molar-refractivity contribution in [3.05, 3.63) is 41.4 Å². The summed E-state index contributed by atoms with van der Waals surface area (Å²) < 4.78 is 2.00. The predicted molar refractivity (Wildman–Crippen MR) is 68.6 cm³/mol. The standard InChI is InChI=1S/C11H12ClN3S/c1-15-7-14-5-9(15)6-16-11-3-2-8(13)4-10(11)12/h2-5,7H,6,13H2,1H3. The molecule has 0 aliphatic carbocycles. The predicted octanol–water partition coefficient (Wildman–Crippen LogP) is 2.95. The Bertz CT molecular complexity index is 496. The fourth-order valence-electron chi connectivity index (χ4n) is 1.31. The Kier molecular flexibility index (Phi) is 3.41. The molecule has 0 aliphatic heterocycles. The molecule has 1 heterocycles. The lowest BCUT2D eigenvalue weighted by Gasteiger charge is -2.05. The highest BCUT2D eigenvalue weighted by molar-refractivity contribution is 7.98. The first-order valence-corrected chi connectivity index (χ1v) is 6.16. The highest BCUT2D eigenvalue weighted by Crippen LogP contribution is 2.30. The number of aromatic nitrogens is 2. The number of rotatable bonds is 3. The Balaban J connectivity index is 2.08. The van der Waals surface area contributed by atoms with Crippen molar-refractivity contribution in [2.75, 3.05) is 5.73 Å². The smallest absolute Gasteiger partial charge is 0.0945 e. The summed E-state index contributed by atoms with van der Waals surface area (Å²) in [7, 11) is 1.98. The molecule has 2 rings (SSSR count). The van der Waals surface area contributed by atoms with Gasteiger partial charge in [0.25, 0.3) is 0 Å². The Morgan fingerprint density at radius 2 is 2.31 bits per heavy atom. The molecule has 16 heavy (non-hydrogen) atoms. The molecule has 0 aliphatic rings. The number of nitrogens with two attached hydrogens (primary N) is 1. The van der Waals surface area contributed by atoms with Gasteiger partial charge in [0.2, 0.25) is 0 Å². The van der Waals surface area contributed by atoms with Crippen LogP contribution in [0.4, 0.5) is 5.69 Å². The van der Waals surface area contributed by atoms with Crippen molar-refractivity contribution in [1.82, 2.24) is 9.55 Å². The van der Waals surface area contributed by atoms with Crippen molar-refractivity contribution in [1.29, 1.82) is 0 Å². The number of thioether (sulfide) groups is 1. The van der Waals surface area contributed by atoms with Crippen molar-refractivity contribution in [3.63, 3.8) is 0 Å². The number of benzene rings is 1. The van der Waals surface area contributed by atoms with E-state index in [0.29, 0.717) is 10.7 Å². The van der Waals surface area contributed by atoms with Crippen molar-refractivity contribution in [2.45, 2.75) is 10.6 Å². The fourth-order valence-corrected chi connectivity index (χ4v) is 2.60. The van der Waals surface area contributed by atoms with Gasteiger partial charge in [-0.15, -0.1) is 11.8 Å². The molecule has 0 amide bonds. The van der Waals surface area contributed by atoms with E-state index in [0.717, 1.165) is 16.3 Å². The summed E-state index contributed by atoms with van der Waals surface area (Å²) in [6.07, 6.45) is 3.65. The lowest BCUT2D eigenvalue weighted by atomic mass is 10.3. The van der Waals surface area contributed by atoms with Crippen LogP contribution >= 0.6 is 23.4 Å². The monoisotopic (exact) mass is 253 g/mol. The largest absolute Gasteiger partial charge is 0.399 e. The third-order valence-electron chi connectivity index (χ3n) is 2.25. The van der Waals surface area contributed by atoms with Crippen molar-refractivity contribution >= 4 is 29.1 Å². The van der Waals surface area contributed by atoms with Gasteiger partial charge in [-0.2, -0.15) is 0 Å². The molecule has 2 aromatic rings. The van der Waals surface area contributed by atoms with Crippen LogP contribution < -0.4 is 5.73 Å². The number of halogens is 1. The second kappa shape index (κ2) is 4.80. The van der Waals surface area contributed by atoms with E-state index in [-0.39, 0.29) is 0 Å². The molecule has 0 saturated heterocycles. The maximum atomic E-state index is 6.09. The maximum absolute atomic E-state index is 6.09. The average molecular weight is 254 g/mol. The lowest BCUT2D eigenvalue weighted by Crippen LogP contribution is -1.92. The number of nitrogen functional groups attached to an aromatic ring is 1. The molecule has 0 atom stereocenters. The highest BCUT2D eigenvalue weighted by atomic mass is 35.5. The molecule has 5 heteroatoms. The van der Waals surface area contributed by atoms with Gasteiger partial charge in [-0.05, 0) is 18.2 Å². The second-order valence-electron chi connectivity index (χ2n) is 3.47. The Labute approximate surface area is 104 Å². The first kappa shape index (κ1) is 11.4. The molecule has 0 saturated carbocycles. The van der Waals surface area contributed by atoms with Crippen molar-refractivity contribution in [3.8, 4) is 0 Å². The molecule has 0 unspecified atom stereocenters. The first-order valence-electron chi connectivity index (χ1n) is 4.80. The fraction of sp³-hybridized carbons (Fsp3) is 0.182. The summed E-state index contributed by atoms with van der Waals surface area (Å²) in [5, 5.41) is 0.701. The molecule has 1 aromatic carbocycles. The highest BCUT2D eigenvalue weighted by Gasteiger charge is 2.04. The van der Waals surface area contributed by atoms with Gasteiger partial charge in [0, 0.05) is 35.3 Å². The van der Waals surface area contributed by atoms with Crippen LogP contribution in [0.25, 0.3) is 0 Å². The Morgan fingerprint density at radius 1 is 1.50 bits per heavy atom. The number of anilines is 1. The molecule has 0 bridgehead atoms. The van der Waals surface area contributed by atoms with Gasteiger partial charge < -0.3 is 10.3 Å². The van der Waals surface area contributed by atoms with E-state index >= 15 is 0 Å². The van der Waals surface area contributed by atoms with Crippen molar-refractivity contribution in [2.24, 2.45) is 7.05 Å². The van der Waals surface area contributed by atoms with E-state index < -0.39 is 0 Å². The maximum Gasteiger partial charge on any atom is 0.0945 e. The SMILES string of the molecule is Cn1cncc1CSc1ccc(N)cc1Cl. The number of aryl methyl sites for hydroxylation is 1. The molecular formula is C11H12ClN3S. The summed E-state index contributed by atoms with van der Waals surface area (Å²) in [5.41, 5.74) is 7.49. The molecule has 84 valence electrons. The van der Waals surface area contributed by atoms with Crippen LogP contribution in [0.5, 0.6) is 0 Å². The minimum Gasteiger partial charge on any atom is -0.399 e. The molecule has 3 nitrogen and oxygen atoms in total. The van der Waals surface area contributed by atoms with Crippen LogP contribution in [0.2, 0.25) is 5.02 Å². The van der Waals surface area contributed by atoms with Crippen LogP contribution in [0, 0.1) is 0 Å². The van der Waals surface area contributed by atoms with Crippen LogP contribution in [0.15, 0.2) is 35.6 Å². The van der Waals surface area contributed by atoms with Gasteiger partial charge in [-0.3, -0.25) is 0 Å². The summed E-state index contributed by atoms with van der Waals surface area (Å²) in [4.78, 5) is 5.11. The molecule has 0 fully saturated rings. The van der Waals surface area contributed by atoms with E-state index in [9.17, 15) is 0 Å². The third-order valence-corrected chi connectivity index (χ3v) is 3.78. The number of hydrogen-bond donors (Lipinski definition) is 1. The second-order valence-corrected chi connectivity index (χ2v) is 4.90. The minimum atomic E-state index is 0.690. The number of imidazole rings is 1. The first-order chi connectivity index (χ1) is 7.66. The van der Waals surface area contributed by atoms with Crippen LogP contribution in [-0.2, 0) is 12.8 Å². The number of hydrogen-bond acceptors (Lipinski definition) is 3. The van der Waals surface area contributed by atoms with Gasteiger partial charge >= 0.3 is 0 Å². The Hall–Kier alpha value is -1.13. The van der Waals surface area contributed by atoms with Crippen molar-refractivity contribution < 1.29 is 0 Å². The van der Waals surface area contributed by atoms with Gasteiger partial charge in [0.15, 0.2) is 0 Å². The summed E-state index contributed by atoms with van der Waals surface area (Å²) in [5.74, 6) is 0.847. The zero-order valence-electron chi connectivity index (χ0n) is 8.85. The average Bonchev–Trinajstić information content (AvgIpc) is 2.63. The Morgan fingerprint density at radius 3 is 2.94 bits per heavy atom. The van der Waals surface area contributed by atoms with E-state index in [2.05, 4.69) is 4.98 Å². The summed E-state index contributed by atoms with van der Waals surface area (Å²) >= 11 is 7.77. The third kappa shape index (κ3) is 2.51. The molecule has 0 radical (unpaired) electrons. The normalized spacial score (nSPS) is 10.6. The quantitative estimate of drug-likeness (QED) is 0.676. The van der Waals surface area contributed by atoms with Crippen LogP contribution in [-0.4, -0.2) is 9.55 Å². The van der Waals surface area contributed by atoms with E-state index in [1.807, 2.05) is 29.9 Å². The van der Waals surface area contributed by atoms with E-state index in [4.69, 9.17) is 17.3 Å². The van der Waals surface area contributed by atoms with Gasteiger partial charge in [-0.25, -0.2) is 4.98 Å². The lowest BCUT2D eigenvalue weighted by molar-refractivity contribution is 0.867. The van der Waals surface area contributed by atoms with Gasteiger partial charge in [-0.1, -0.05) is 11.6 Å².